The van der Waals surface area contributed by atoms with E-state index in [0.717, 1.165) is 44.2 Å². The third-order valence-electron chi connectivity index (χ3n) is 5.35. The van der Waals surface area contributed by atoms with E-state index in [4.69, 9.17) is 15.5 Å². The maximum atomic E-state index is 13.2. The number of hydrogen-bond donors (Lipinski definition) is 1. The first kappa shape index (κ1) is 20.7. The summed E-state index contributed by atoms with van der Waals surface area (Å²) in [6.45, 7) is 0. The smallest absolute Gasteiger partial charge is 0.305 e. The second-order valence-electron chi connectivity index (χ2n) is 7.34. The number of fused-ring (bicyclic) bond motifs is 1. The van der Waals surface area contributed by atoms with Crippen LogP contribution < -0.4 is 20.3 Å². The van der Waals surface area contributed by atoms with Crippen molar-refractivity contribution in [1.82, 2.24) is 10.3 Å². The van der Waals surface area contributed by atoms with Crippen LogP contribution in [0, 0.1) is 0 Å². The third kappa shape index (κ3) is 3.48. The minimum absolute atomic E-state index is 0.190. The van der Waals surface area contributed by atoms with Gasteiger partial charge in [0.1, 0.15) is 15.5 Å². The van der Waals surface area contributed by atoms with E-state index in [1.165, 1.54) is 7.05 Å². The molecule has 5 aromatic rings. The monoisotopic (exact) mass is 458 g/mol. The van der Waals surface area contributed by atoms with Gasteiger partial charge in [-0.3, -0.25) is 4.79 Å². The van der Waals surface area contributed by atoms with Gasteiger partial charge >= 0.3 is 5.69 Å². The largest absolute Gasteiger partial charge is 0.539 e. The van der Waals surface area contributed by atoms with Crippen molar-refractivity contribution in [2.45, 2.75) is 0 Å². The molecule has 0 fully saturated rings. The summed E-state index contributed by atoms with van der Waals surface area (Å²) < 4.78 is 11.0. The van der Waals surface area contributed by atoms with E-state index in [1.807, 2.05) is 60.7 Å². The molecule has 0 unspecified atom stereocenters. The number of nitrogens with zero attached hydrogens (tertiary/aromatic N) is 3. The Balaban J connectivity index is 1.75. The number of rotatable bonds is 5. The van der Waals surface area contributed by atoms with Crippen molar-refractivity contribution < 1.29 is 23.8 Å². The summed E-state index contributed by atoms with van der Waals surface area (Å²) in [5.74, 6) is -0.616. The number of ether oxygens (including phenoxy) is 1. The molecule has 0 aliphatic heterocycles. The first-order valence-electron chi connectivity index (χ1n) is 9.98. The zero-order valence-corrected chi connectivity index (χ0v) is 18.6. The van der Waals surface area contributed by atoms with Crippen LogP contribution in [0.15, 0.2) is 65.2 Å². The Morgan fingerprint density at radius 1 is 1.12 bits per heavy atom. The molecule has 164 valence electrons. The Morgan fingerprint density at radius 2 is 1.85 bits per heavy atom. The molecule has 5 rings (SSSR count). The molecule has 2 N–H and O–H groups in total. The van der Waals surface area contributed by atoms with Crippen LogP contribution in [0.5, 0.6) is 11.7 Å². The average Bonchev–Trinajstić information content (AvgIpc) is 3.37. The molecule has 0 saturated carbocycles. The summed E-state index contributed by atoms with van der Waals surface area (Å²) in [6, 6.07) is 19.3. The number of thiophene rings is 1. The lowest BCUT2D eigenvalue weighted by molar-refractivity contribution is -0.741. The van der Waals surface area contributed by atoms with Gasteiger partial charge in [0.15, 0.2) is 13.0 Å². The van der Waals surface area contributed by atoms with Crippen molar-refractivity contribution in [2.75, 3.05) is 12.8 Å². The Labute approximate surface area is 192 Å². The van der Waals surface area contributed by atoms with Gasteiger partial charge in [-0.1, -0.05) is 35.0 Å². The topological polar surface area (TPSA) is 118 Å². The van der Waals surface area contributed by atoms with Crippen LogP contribution >= 0.6 is 11.3 Å². The summed E-state index contributed by atoms with van der Waals surface area (Å²) >= 11 is 1.14. The van der Waals surface area contributed by atoms with Gasteiger partial charge in [0.2, 0.25) is 0 Å². The van der Waals surface area contributed by atoms with E-state index in [9.17, 15) is 9.90 Å². The summed E-state index contributed by atoms with van der Waals surface area (Å²) in [4.78, 5) is 18.8. The molecular formula is C24H18N4O4S. The molecule has 0 amide bonds. The Kier molecular flexibility index (Phi) is 5.02. The van der Waals surface area contributed by atoms with Crippen molar-refractivity contribution in [3.63, 3.8) is 0 Å². The van der Waals surface area contributed by atoms with Crippen LogP contribution in [0.25, 0.3) is 32.6 Å². The Morgan fingerprint density at radius 3 is 2.48 bits per heavy atom. The highest BCUT2D eigenvalue weighted by Crippen LogP contribution is 2.42. The van der Waals surface area contributed by atoms with E-state index in [1.54, 1.807) is 7.11 Å². The van der Waals surface area contributed by atoms with Crippen molar-refractivity contribution in [3.05, 3.63) is 71.2 Å². The van der Waals surface area contributed by atoms with Gasteiger partial charge < -0.3 is 20.1 Å². The summed E-state index contributed by atoms with van der Waals surface area (Å²) in [5, 5.41) is 16.2. The molecule has 0 bridgehead atoms. The molecule has 33 heavy (non-hydrogen) atoms. The fourth-order valence-electron chi connectivity index (χ4n) is 3.71. The van der Waals surface area contributed by atoms with Crippen LogP contribution in [-0.2, 0) is 7.05 Å². The Bertz CT molecular complexity index is 1470. The molecule has 8 nitrogen and oxygen atoms in total. The average molecular weight is 458 g/mol. The number of benzene rings is 2. The lowest BCUT2D eigenvalue weighted by Crippen LogP contribution is -2.37. The highest BCUT2D eigenvalue weighted by atomic mass is 32.1. The standard InChI is InChI=1S/C24H18N4O4S/c1-28-20(24(30)32-27-28)21(29)22-19(25)18-16(13-6-4-3-5-7-13)12-17(26-23(18)33-22)14-8-10-15(31-2)11-9-14/h3-12H,1-2H3,(H2-,25,27,29,30). The summed E-state index contributed by atoms with van der Waals surface area (Å²) in [5.41, 5.74) is 9.96. The quantitative estimate of drug-likeness (QED) is 0.317. The predicted octanol–water partition coefficient (Wildman–Crippen LogP) is 3.34. The number of carbonyl (C=O) groups is 1. The predicted molar refractivity (Wildman–Crippen MR) is 122 cm³/mol. The minimum atomic E-state index is -0.811. The number of pyridine rings is 1. The maximum absolute atomic E-state index is 13.2. The van der Waals surface area contributed by atoms with Crippen LogP contribution in [0.1, 0.15) is 15.4 Å². The molecule has 0 spiro atoms. The van der Waals surface area contributed by atoms with Crippen LogP contribution in [0.2, 0.25) is 0 Å². The van der Waals surface area contributed by atoms with Gasteiger partial charge in [-0.15, -0.1) is 11.3 Å². The first-order valence-corrected chi connectivity index (χ1v) is 10.8. The lowest BCUT2D eigenvalue weighted by atomic mass is 9.99. The molecule has 0 atom stereocenters. The van der Waals surface area contributed by atoms with Gasteiger partial charge in [-0.05, 0) is 41.5 Å². The van der Waals surface area contributed by atoms with Crippen LogP contribution in [-0.4, -0.2) is 23.1 Å². The lowest BCUT2D eigenvalue weighted by Gasteiger charge is -2.09. The molecular weight excluding hydrogens is 440 g/mol. The number of anilines is 1. The highest BCUT2D eigenvalue weighted by Gasteiger charge is 2.30. The van der Waals surface area contributed by atoms with Crippen LogP contribution in [0.4, 0.5) is 5.69 Å². The zero-order chi connectivity index (χ0) is 23.1. The van der Waals surface area contributed by atoms with Crippen molar-refractivity contribution in [3.8, 4) is 34.1 Å². The number of aryl methyl sites for hydroxylation is 1. The van der Waals surface area contributed by atoms with E-state index < -0.39 is 11.7 Å². The first-order chi connectivity index (χ1) is 16.0. The van der Waals surface area contributed by atoms with E-state index in [0.29, 0.717) is 10.2 Å². The number of ketones is 1. The fourth-order valence-corrected chi connectivity index (χ4v) is 4.77. The minimum Gasteiger partial charge on any atom is -0.539 e. The Hall–Kier alpha value is -4.24. The third-order valence-corrected chi connectivity index (χ3v) is 6.45. The maximum Gasteiger partial charge on any atom is 0.305 e. The molecule has 3 heterocycles. The number of carbonyl (C=O) groups excluding carboxylic acids is 1. The number of hydrogen-bond acceptors (Lipinski definition) is 8. The van der Waals surface area contributed by atoms with Gasteiger partial charge in [0.25, 0.3) is 5.78 Å². The molecule has 2 aromatic carbocycles. The van der Waals surface area contributed by atoms with Crippen molar-refractivity contribution in [1.29, 1.82) is 0 Å². The molecule has 0 aliphatic carbocycles. The molecule has 0 radical (unpaired) electrons. The van der Waals surface area contributed by atoms with E-state index >= 15 is 0 Å². The molecule has 0 saturated heterocycles. The molecule has 9 heteroatoms. The second kappa shape index (κ2) is 8.03. The second-order valence-corrected chi connectivity index (χ2v) is 8.34. The van der Waals surface area contributed by atoms with E-state index in [2.05, 4.69) is 9.79 Å². The molecule has 3 aromatic heterocycles. The fraction of sp³-hybridized carbons (Fsp3) is 0.0833. The highest BCUT2D eigenvalue weighted by molar-refractivity contribution is 7.21. The number of aromatic nitrogens is 3. The van der Waals surface area contributed by atoms with Crippen LogP contribution in [0.3, 0.4) is 0 Å². The number of nitrogens with two attached hydrogens (primary N) is 1. The number of methoxy groups -OCH3 is 1. The van der Waals surface area contributed by atoms with Crippen molar-refractivity contribution >= 4 is 33.0 Å². The van der Waals surface area contributed by atoms with E-state index in [-0.39, 0.29) is 16.3 Å². The number of nitrogen functional groups attached to an aromatic ring is 1. The summed E-state index contributed by atoms with van der Waals surface area (Å²) in [6.07, 6.45) is 0. The normalized spacial score (nSPS) is 11.1. The molecule has 0 aliphatic rings. The van der Waals surface area contributed by atoms with Gasteiger partial charge in [-0.25, -0.2) is 4.98 Å². The van der Waals surface area contributed by atoms with Gasteiger partial charge in [0.05, 0.1) is 23.8 Å². The van der Waals surface area contributed by atoms with Crippen molar-refractivity contribution in [2.24, 2.45) is 7.05 Å². The van der Waals surface area contributed by atoms with Gasteiger partial charge in [-0.2, -0.15) is 0 Å². The summed E-state index contributed by atoms with van der Waals surface area (Å²) in [7, 11) is 3.08. The zero-order valence-electron chi connectivity index (χ0n) is 17.7. The van der Waals surface area contributed by atoms with Gasteiger partial charge in [0, 0.05) is 10.9 Å². The SMILES string of the molecule is COc1ccc(-c2cc(-c3ccccc3)c3c(N)c(C(=O)c4c([O-])on[n+]4C)sc3n2)cc1.